The van der Waals surface area contributed by atoms with Gasteiger partial charge in [-0.25, -0.2) is 4.39 Å². The first-order valence-electron chi connectivity index (χ1n) is 8.12. The molecule has 2 aromatic rings. The van der Waals surface area contributed by atoms with Gasteiger partial charge in [0.2, 0.25) is 0 Å². The number of aromatic nitrogens is 1. The Morgan fingerprint density at radius 3 is 2.38 bits per heavy atom. The van der Waals surface area contributed by atoms with Gasteiger partial charge in [-0.1, -0.05) is 11.2 Å². The van der Waals surface area contributed by atoms with E-state index in [-0.39, 0.29) is 5.82 Å². The van der Waals surface area contributed by atoms with Crippen LogP contribution in [0.2, 0.25) is 0 Å². The van der Waals surface area contributed by atoms with Gasteiger partial charge in [-0.2, -0.15) is 5.26 Å². The molecule has 126 valence electrons. The number of aryl methyl sites for hydroxylation is 2. The SMILES string of the molecule is Cc1noc(C)c1CN1CCN(Cc2ccc(C#N)cc2F)CC1. The number of rotatable bonds is 4. The second kappa shape index (κ2) is 7.12. The van der Waals surface area contributed by atoms with Crippen LogP contribution in [0.25, 0.3) is 0 Å². The molecule has 2 heterocycles. The third kappa shape index (κ3) is 3.64. The molecule has 0 N–H and O–H groups in total. The van der Waals surface area contributed by atoms with Crippen molar-refractivity contribution in [2.24, 2.45) is 0 Å². The normalized spacial score (nSPS) is 16.2. The van der Waals surface area contributed by atoms with Crippen LogP contribution in [0.1, 0.15) is 28.1 Å². The Morgan fingerprint density at radius 1 is 1.17 bits per heavy atom. The molecule has 5 nitrogen and oxygen atoms in total. The van der Waals surface area contributed by atoms with E-state index in [1.165, 1.54) is 11.6 Å². The van der Waals surface area contributed by atoms with E-state index in [0.717, 1.165) is 44.2 Å². The molecule has 1 saturated heterocycles. The molecule has 0 bridgehead atoms. The Kier molecular flexibility index (Phi) is 4.93. The highest BCUT2D eigenvalue weighted by Gasteiger charge is 2.20. The van der Waals surface area contributed by atoms with Crippen molar-refractivity contribution in [1.82, 2.24) is 15.0 Å². The van der Waals surface area contributed by atoms with Crippen molar-refractivity contribution in [2.45, 2.75) is 26.9 Å². The quantitative estimate of drug-likeness (QED) is 0.863. The number of piperazine rings is 1. The maximum atomic E-state index is 14.0. The first-order valence-corrected chi connectivity index (χ1v) is 8.12. The highest BCUT2D eigenvalue weighted by atomic mass is 19.1. The largest absolute Gasteiger partial charge is 0.361 e. The van der Waals surface area contributed by atoms with Crippen LogP contribution in [0.3, 0.4) is 0 Å². The van der Waals surface area contributed by atoms with E-state index in [1.54, 1.807) is 12.1 Å². The molecule has 0 unspecified atom stereocenters. The van der Waals surface area contributed by atoms with Crippen molar-refractivity contribution in [2.75, 3.05) is 26.2 Å². The summed E-state index contributed by atoms with van der Waals surface area (Å²) in [5, 5.41) is 12.8. The highest BCUT2D eigenvalue weighted by molar-refractivity contribution is 5.32. The van der Waals surface area contributed by atoms with Crippen LogP contribution >= 0.6 is 0 Å². The topological polar surface area (TPSA) is 56.3 Å². The van der Waals surface area contributed by atoms with Gasteiger partial charge in [-0.05, 0) is 26.0 Å². The van der Waals surface area contributed by atoms with Crippen LogP contribution in [-0.4, -0.2) is 41.1 Å². The molecule has 3 rings (SSSR count). The molecule has 1 aromatic heterocycles. The van der Waals surface area contributed by atoms with Crippen molar-refractivity contribution in [3.05, 3.63) is 52.2 Å². The second-order valence-electron chi connectivity index (χ2n) is 6.27. The number of halogens is 1. The zero-order chi connectivity index (χ0) is 17.1. The van der Waals surface area contributed by atoms with Crippen LogP contribution in [0.4, 0.5) is 4.39 Å². The Bertz CT molecular complexity index is 737. The van der Waals surface area contributed by atoms with Crippen LogP contribution in [0.5, 0.6) is 0 Å². The van der Waals surface area contributed by atoms with Gasteiger partial charge in [0.15, 0.2) is 0 Å². The molecule has 1 aliphatic rings. The summed E-state index contributed by atoms with van der Waals surface area (Å²) in [4.78, 5) is 4.62. The third-order valence-electron chi connectivity index (χ3n) is 4.60. The summed E-state index contributed by atoms with van der Waals surface area (Å²) in [5.41, 5.74) is 3.13. The Balaban J connectivity index is 1.55. The van der Waals surface area contributed by atoms with Gasteiger partial charge in [-0.3, -0.25) is 9.80 Å². The molecular weight excluding hydrogens is 307 g/mol. The van der Waals surface area contributed by atoms with Gasteiger partial charge >= 0.3 is 0 Å². The summed E-state index contributed by atoms with van der Waals surface area (Å²) < 4.78 is 19.2. The summed E-state index contributed by atoms with van der Waals surface area (Å²) in [5.74, 6) is 0.585. The number of hydrogen-bond donors (Lipinski definition) is 0. The lowest BCUT2D eigenvalue weighted by Crippen LogP contribution is -2.45. The van der Waals surface area contributed by atoms with E-state index >= 15 is 0 Å². The number of nitriles is 1. The van der Waals surface area contributed by atoms with Crippen molar-refractivity contribution in [3.8, 4) is 6.07 Å². The van der Waals surface area contributed by atoms with Crippen LogP contribution in [0, 0.1) is 31.0 Å². The predicted octanol–water partition coefficient (Wildman–Crippen LogP) is 2.62. The summed E-state index contributed by atoms with van der Waals surface area (Å²) in [6.07, 6.45) is 0. The minimum atomic E-state index is -0.299. The lowest BCUT2D eigenvalue weighted by atomic mass is 10.1. The molecule has 0 saturated carbocycles. The Morgan fingerprint density at radius 2 is 1.83 bits per heavy atom. The van der Waals surface area contributed by atoms with E-state index in [9.17, 15) is 4.39 Å². The van der Waals surface area contributed by atoms with Gasteiger partial charge in [0.1, 0.15) is 11.6 Å². The van der Waals surface area contributed by atoms with Gasteiger partial charge < -0.3 is 4.52 Å². The Labute approximate surface area is 141 Å². The summed E-state index contributed by atoms with van der Waals surface area (Å²) >= 11 is 0. The number of nitrogens with zero attached hydrogens (tertiary/aromatic N) is 4. The first kappa shape index (κ1) is 16.6. The van der Waals surface area contributed by atoms with Crippen molar-refractivity contribution in [3.63, 3.8) is 0 Å². The molecule has 0 spiro atoms. The molecule has 1 aromatic carbocycles. The molecule has 1 fully saturated rings. The molecule has 0 atom stereocenters. The zero-order valence-electron chi connectivity index (χ0n) is 14.0. The molecular formula is C18H21FN4O. The number of benzene rings is 1. The van der Waals surface area contributed by atoms with Gasteiger partial charge in [0.05, 0.1) is 17.3 Å². The maximum absolute atomic E-state index is 14.0. The predicted molar refractivity (Wildman–Crippen MR) is 87.6 cm³/mol. The molecule has 0 radical (unpaired) electrons. The van der Waals surface area contributed by atoms with E-state index < -0.39 is 0 Å². The molecule has 24 heavy (non-hydrogen) atoms. The summed E-state index contributed by atoms with van der Waals surface area (Å²) in [7, 11) is 0. The lowest BCUT2D eigenvalue weighted by molar-refractivity contribution is 0.120. The fourth-order valence-corrected chi connectivity index (χ4v) is 3.04. The molecule has 0 amide bonds. The van der Waals surface area contributed by atoms with Crippen LogP contribution in [0.15, 0.2) is 22.7 Å². The maximum Gasteiger partial charge on any atom is 0.138 e. The monoisotopic (exact) mass is 328 g/mol. The first-order chi connectivity index (χ1) is 11.6. The highest BCUT2D eigenvalue weighted by Crippen LogP contribution is 2.18. The van der Waals surface area contributed by atoms with Crippen molar-refractivity contribution < 1.29 is 8.91 Å². The average Bonchev–Trinajstić information content (AvgIpc) is 2.90. The minimum Gasteiger partial charge on any atom is -0.361 e. The van der Waals surface area contributed by atoms with Crippen LogP contribution in [-0.2, 0) is 13.1 Å². The fourth-order valence-electron chi connectivity index (χ4n) is 3.04. The molecule has 1 aliphatic heterocycles. The number of hydrogen-bond acceptors (Lipinski definition) is 5. The Hall–Kier alpha value is -2.23. The average molecular weight is 328 g/mol. The molecule has 0 aliphatic carbocycles. The fraction of sp³-hybridized carbons (Fsp3) is 0.444. The van der Waals surface area contributed by atoms with Crippen LogP contribution < -0.4 is 0 Å². The summed E-state index contributed by atoms with van der Waals surface area (Å²) in [6.45, 7) is 8.99. The van der Waals surface area contributed by atoms with E-state index in [0.29, 0.717) is 17.7 Å². The van der Waals surface area contributed by atoms with Gasteiger partial charge in [0, 0.05) is 50.4 Å². The van der Waals surface area contributed by atoms with E-state index in [2.05, 4.69) is 15.0 Å². The molecule has 6 heteroatoms. The van der Waals surface area contributed by atoms with Gasteiger partial charge in [-0.15, -0.1) is 0 Å². The second-order valence-corrected chi connectivity index (χ2v) is 6.27. The van der Waals surface area contributed by atoms with E-state index in [4.69, 9.17) is 9.78 Å². The standard InChI is InChI=1S/C18H21FN4O/c1-13-17(14(2)24-21-13)12-23-7-5-22(6-8-23)11-16-4-3-15(10-20)9-18(16)19/h3-4,9H,5-8,11-12H2,1-2H3. The lowest BCUT2D eigenvalue weighted by Gasteiger charge is -2.34. The van der Waals surface area contributed by atoms with Gasteiger partial charge in [0.25, 0.3) is 0 Å². The smallest absolute Gasteiger partial charge is 0.138 e. The van der Waals surface area contributed by atoms with Crippen molar-refractivity contribution >= 4 is 0 Å². The summed E-state index contributed by atoms with van der Waals surface area (Å²) in [6, 6.07) is 6.66. The van der Waals surface area contributed by atoms with Crippen molar-refractivity contribution in [1.29, 1.82) is 5.26 Å². The minimum absolute atomic E-state index is 0.299. The third-order valence-corrected chi connectivity index (χ3v) is 4.60. The van der Waals surface area contributed by atoms with E-state index in [1.807, 2.05) is 19.9 Å². The zero-order valence-corrected chi connectivity index (χ0v) is 14.0.